The summed E-state index contributed by atoms with van der Waals surface area (Å²) in [5, 5.41) is 3.15. The van der Waals surface area contributed by atoms with E-state index in [2.05, 4.69) is 17.8 Å². The molecule has 0 aromatic heterocycles. The van der Waals surface area contributed by atoms with Crippen LogP contribution in [0.2, 0.25) is 0 Å². The molecule has 0 atom stereocenters. The van der Waals surface area contributed by atoms with E-state index in [1.807, 2.05) is 18.2 Å². The predicted molar refractivity (Wildman–Crippen MR) is 43.6 cm³/mol. The number of hydrogen-bond acceptors (Lipinski definition) is 2. The van der Waals surface area contributed by atoms with Crippen molar-refractivity contribution in [3.05, 3.63) is 42.1 Å². The van der Waals surface area contributed by atoms with Crippen LogP contribution in [0.3, 0.4) is 0 Å². The molecule has 0 spiro atoms. The molecule has 0 aromatic carbocycles. The van der Waals surface area contributed by atoms with Crippen molar-refractivity contribution in [2.24, 2.45) is 0 Å². The van der Waals surface area contributed by atoms with Gasteiger partial charge in [0, 0.05) is 6.54 Å². The Balaban J connectivity index is 2.27. The summed E-state index contributed by atoms with van der Waals surface area (Å²) < 4.78 is 5.36. The van der Waals surface area contributed by atoms with Gasteiger partial charge in [0.15, 0.2) is 0 Å². The SMILES string of the molecule is [CH]1C2=CC=CC=C1OCNC2. The third-order valence-electron chi connectivity index (χ3n) is 1.68. The molecule has 0 saturated carbocycles. The maximum absolute atomic E-state index is 5.36. The third kappa shape index (κ3) is 1.52. The number of ether oxygens (including phenoxy) is 1. The van der Waals surface area contributed by atoms with Gasteiger partial charge >= 0.3 is 0 Å². The van der Waals surface area contributed by atoms with Gasteiger partial charge in [-0.1, -0.05) is 18.2 Å². The third-order valence-corrected chi connectivity index (χ3v) is 1.68. The maximum atomic E-state index is 5.36. The Hall–Kier alpha value is -1.02. The minimum atomic E-state index is 0.605. The van der Waals surface area contributed by atoms with Gasteiger partial charge in [-0.15, -0.1) is 0 Å². The molecule has 2 heteroatoms. The zero-order chi connectivity index (χ0) is 7.52. The van der Waals surface area contributed by atoms with Gasteiger partial charge in [-0.2, -0.15) is 0 Å². The molecule has 2 aliphatic rings. The molecular weight excluding hydrogens is 138 g/mol. The van der Waals surface area contributed by atoms with Crippen LogP contribution in [0.25, 0.3) is 0 Å². The fraction of sp³-hybridized carbons (Fsp3) is 0.222. The summed E-state index contributed by atoms with van der Waals surface area (Å²) in [5.41, 5.74) is 1.27. The van der Waals surface area contributed by atoms with Crippen LogP contribution >= 0.6 is 0 Å². The molecule has 11 heavy (non-hydrogen) atoms. The predicted octanol–water partition coefficient (Wildman–Crippen LogP) is 1.15. The van der Waals surface area contributed by atoms with Crippen LogP contribution in [0.15, 0.2) is 35.6 Å². The van der Waals surface area contributed by atoms with Gasteiger partial charge in [0.25, 0.3) is 0 Å². The van der Waals surface area contributed by atoms with Crippen LogP contribution in [-0.4, -0.2) is 13.3 Å². The summed E-state index contributed by atoms with van der Waals surface area (Å²) in [5.74, 6) is 0.940. The minimum Gasteiger partial charge on any atom is -0.482 e. The second kappa shape index (κ2) is 2.93. The lowest BCUT2D eigenvalue weighted by Gasteiger charge is -2.02. The van der Waals surface area contributed by atoms with E-state index in [1.54, 1.807) is 0 Å². The van der Waals surface area contributed by atoms with Crippen LogP contribution in [0.5, 0.6) is 0 Å². The molecule has 2 nitrogen and oxygen atoms in total. The van der Waals surface area contributed by atoms with E-state index in [1.165, 1.54) is 5.57 Å². The van der Waals surface area contributed by atoms with E-state index in [4.69, 9.17) is 4.74 Å². The van der Waals surface area contributed by atoms with Crippen molar-refractivity contribution in [2.45, 2.75) is 0 Å². The highest BCUT2D eigenvalue weighted by Gasteiger charge is 2.09. The van der Waals surface area contributed by atoms with E-state index in [0.29, 0.717) is 6.73 Å². The molecule has 1 saturated heterocycles. The molecule has 1 radical (unpaired) electrons. The first-order chi connectivity index (χ1) is 5.45. The number of fused-ring (bicyclic) bond motifs is 2. The summed E-state index contributed by atoms with van der Waals surface area (Å²) in [6.07, 6.45) is 10.1. The van der Waals surface area contributed by atoms with Gasteiger partial charge in [0.2, 0.25) is 0 Å². The molecule has 2 bridgehead atoms. The molecule has 1 N–H and O–H groups in total. The van der Waals surface area contributed by atoms with Crippen molar-refractivity contribution in [1.29, 1.82) is 0 Å². The summed E-state index contributed by atoms with van der Waals surface area (Å²) in [6.45, 7) is 1.50. The number of nitrogens with one attached hydrogen (secondary N) is 1. The van der Waals surface area contributed by atoms with Crippen molar-refractivity contribution in [1.82, 2.24) is 5.32 Å². The first-order valence-corrected chi connectivity index (χ1v) is 3.71. The van der Waals surface area contributed by atoms with E-state index < -0.39 is 0 Å². The summed E-state index contributed by atoms with van der Waals surface area (Å²) in [6, 6.07) is 0. The van der Waals surface area contributed by atoms with Crippen molar-refractivity contribution < 1.29 is 4.74 Å². The molecule has 1 heterocycles. The Morgan fingerprint density at radius 2 is 2.18 bits per heavy atom. The van der Waals surface area contributed by atoms with E-state index in [-0.39, 0.29) is 0 Å². The van der Waals surface area contributed by atoms with E-state index in [9.17, 15) is 0 Å². The first-order valence-electron chi connectivity index (χ1n) is 3.71. The monoisotopic (exact) mass is 148 g/mol. The second-order valence-electron chi connectivity index (χ2n) is 2.56. The molecule has 1 fully saturated rings. The molecule has 0 unspecified atom stereocenters. The van der Waals surface area contributed by atoms with Gasteiger partial charge in [0.1, 0.15) is 12.5 Å². The van der Waals surface area contributed by atoms with Crippen molar-refractivity contribution in [3.8, 4) is 0 Å². The van der Waals surface area contributed by atoms with Crippen LogP contribution < -0.4 is 5.32 Å². The van der Waals surface area contributed by atoms with Gasteiger partial charge < -0.3 is 4.74 Å². The quantitative estimate of drug-likeness (QED) is 0.556. The van der Waals surface area contributed by atoms with Crippen molar-refractivity contribution in [2.75, 3.05) is 13.3 Å². The van der Waals surface area contributed by atoms with Gasteiger partial charge in [-0.3, -0.25) is 5.32 Å². The maximum Gasteiger partial charge on any atom is 0.139 e. The average Bonchev–Trinajstić information content (AvgIpc) is 2.36. The Kier molecular flexibility index (Phi) is 1.78. The highest BCUT2D eigenvalue weighted by Crippen LogP contribution is 2.15. The van der Waals surface area contributed by atoms with Crippen LogP contribution in [-0.2, 0) is 4.74 Å². The lowest BCUT2D eigenvalue weighted by molar-refractivity contribution is 0.207. The van der Waals surface area contributed by atoms with Crippen LogP contribution in [0, 0.1) is 6.42 Å². The minimum absolute atomic E-state index is 0.605. The van der Waals surface area contributed by atoms with Gasteiger partial charge in [-0.05, 0) is 11.6 Å². The normalized spacial score (nSPS) is 22.5. The molecule has 1 aliphatic heterocycles. The van der Waals surface area contributed by atoms with Gasteiger partial charge in [0.05, 0.1) is 6.42 Å². The molecular formula is C9H10NO. The van der Waals surface area contributed by atoms with Crippen molar-refractivity contribution >= 4 is 0 Å². The zero-order valence-electron chi connectivity index (χ0n) is 6.21. The smallest absolute Gasteiger partial charge is 0.139 e. The average molecular weight is 148 g/mol. The van der Waals surface area contributed by atoms with Gasteiger partial charge in [-0.25, -0.2) is 0 Å². The number of rotatable bonds is 0. The lowest BCUT2D eigenvalue weighted by Crippen LogP contribution is -2.16. The summed E-state index contributed by atoms with van der Waals surface area (Å²) in [4.78, 5) is 0. The Bertz CT molecular complexity index is 214. The highest BCUT2D eigenvalue weighted by atomic mass is 16.5. The Morgan fingerprint density at radius 1 is 1.27 bits per heavy atom. The topological polar surface area (TPSA) is 21.3 Å². The fourth-order valence-corrected chi connectivity index (χ4v) is 1.14. The standard InChI is InChI=1S/C9H10NO/c1-2-4-9-5-8(3-1)6-10-7-11-9/h1-5,10H,6-7H2. The highest BCUT2D eigenvalue weighted by molar-refractivity contribution is 5.36. The molecule has 57 valence electrons. The fourth-order valence-electron chi connectivity index (χ4n) is 1.14. The van der Waals surface area contributed by atoms with Crippen LogP contribution in [0.1, 0.15) is 0 Å². The number of hydrogen-bond donors (Lipinski definition) is 1. The molecule has 0 aromatic rings. The zero-order valence-corrected chi connectivity index (χ0v) is 6.21. The Labute approximate surface area is 66.2 Å². The van der Waals surface area contributed by atoms with Crippen LogP contribution in [0.4, 0.5) is 0 Å². The molecule has 2 rings (SSSR count). The van der Waals surface area contributed by atoms with E-state index >= 15 is 0 Å². The van der Waals surface area contributed by atoms with Crippen molar-refractivity contribution in [3.63, 3.8) is 0 Å². The lowest BCUT2D eigenvalue weighted by atomic mass is 10.1. The largest absolute Gasteiger partial charge is 0.482 e. The molecule has 1 aliphatic carbocycles. The second-order valence-corrected chi connectivity index (χ2v) is 2.56. The summed E-state index contributed by atoms with van der Waals surface area (Å²) in [7, 11) is 0. The first kappa shape index (κ1) is 6.68. The summed E-state index contributed by atoms with van der Waals surface area (Å²) >= 11 is 0. The van der Waals surface area contributed by atoms with E-state index in [0.717, 1.165) is 12.3 Å². The number of allylic oxidation sites excluding steroid dienone is 5. The molecule has 0 amide bonds. The Morgan fingerprint density at radius 3 is 3.18 bits per heavy atom.